The zero-order valence-corrected chi connectivity index (χ0v) is 13.7. The molecule has 0 aliphatic carbocycles. The van der Waals surface area contributed by atoms with E-state index >= 15 is 0 Å². The Kier molecular flexibility index (Phi) is 3.91. The first-order valence-corrected chi connectivity index (χ1v) is 8.29. The molecule has 122 valence electrons. The van der Waals surface area contributed by atoms with Crippen molar-refractivity contribution in [3.63, 3.8) is 0 Å². The SMILES string of the molecule is Cc1nc(Nc2ccc(-c3ccco3)cc2)cc(N2CCCC2)n1. The number of furan rings is 1. The Morgan fingerprint density at radius 1 is 1.04 bits per heavy atom. The summed E-state index contributed by atoms with van der Waals surface area (Å²) in [6.45, 7) is 4.09. The second-order valence-corrected chi connectivity index (χ2v) is 6.03. The van der Waals surface area contributed by atoms with Crippen molar-refractivity contribution in [2.24, 2.45) is 0 Å². The molecule has 1 aliphatic rings. The van der Waals surface area contributed by atoms with Gasteiger partial charge in [-0.2, -0.15) is 0 Å². The summed E-state index contributed by atoms with van der Waals surface area (Å²) in [6.07, 6.45) is 4.16. The lowest BCUT2D eigenvalue weighted by Gasteiger charge is -2.17. The van der Waals surface area contributed by atoms with Crippen molar-refractivity contribution in [2.75, 3.05) is 23.3 Å². The van der Waals surface area contributed by atoms with Crippen LogP contribution in [0.1, 0.15) is 18.7 Å². The van der Waals surface area contributed by atoms with Crippen molar-refractivity contribution in [3.05, 3.63) is 54.6 Å². The lowest BCUT2D eigenvalue weighted by molar-refractivity contribution is 0.582. The highest BCUT2D eigenvalue weighted by atomic mass is 16.3. The minimum Gasteiger partial charge on any atom is -0.464 e. The number of aromatic nitrogens is 2. The molecule has 0 spiro atoms. The molecule has 1 aliphatic heterocycles. The molecule has 1 saturated heterocycles. The van der Waals surface area contributed by atoms with Gasteiger partial charge in [0.1, 0.15) is 23.2 Å². The average molecular weight is 320 g/mol. The lowest BCUT2D eigenvalue weighted by Crippen LogP contribution is -2.19. The molecular weight excluding hydrogens is 300 g/mol. The van der Waals surface area contributed by atoms with Crippen LogP contribution in [-0.4, -0.2) is 23.1 Å². The highest BCUT2D eigenvalue weighted by molar-refractivity contribution is 5.65. The first kappa shape index (κ1) is 14.8. The van der Waals surface area contributed by atoms with E-state index in [4.69, 9.17) is 4.42 Å². The summed E-state index contributed by atoms with van der Waals surface area (Å²) in [4.78, 5) is 11.4. The number of aryl methyl sites for hydroxylation is 1. The van der Waals surface area contributed by atoms with Crippen LogP contribution in [0.15, 0.2) is 53.1 Å². The van der Waals surface area contributed by atoms with Gasteiger partial charge in [0.25, 0.3) is 0 Å². The summed E-state index contributed by atoms with van der Waals surface area (Å²) in [5.74, 6) is 3.50. The maximum Gasteiger partial charge on any atom is 0.136 e. The molecule has 3 aromatic rings. The smallest absolute Gasteiger partial charge is 0.136 e. The van der Waals surface area contributed by atoms with E-state index < -0.39 is 0 Å². The molecule has 5 nitrogen and oxygen atoms in total. The van der Waals surface area contributed by atoms with E-state index in [9.17, 15) is 0 Å². The van der Waals surface area contributed by atoms with Crippen molar-refractivity contribution in [2.45, 2.75) is 19.8 Å². The summed E-state index contributed by atoms with van der Waals surface area (Å²) in [5.41, 5.74) is 2.05. The summed E-state index contributed by atoms with van der Waals surface area (Å²) in [7, 11) is 0. The minimum absolute atomic E-state index is 0.786. The van der Waals surface area contributed by atoms with E-state index in [1.165, 1.54) is 12.8 Å². The molecule has 4 rings (SSSR count). The molecule has 2 aromatic heterocycles. The molecule has 0 bridgehead atoms. The van der Waals surface area contributed by atoms with Gasteiger partial charge in [-0.05, 0) is 56.2 Å². The topological polar surface area (TPSA) is 54.2 Å². The Morgan fingerprint density at radius 2 is 1.83 bits per heavy atom. The van der Waals surface area contributed by atoms with Gasteiger partial charge in [-0.15, -0.1) is 0 Å². The Balaban J connectivity index is 1.54. The summed E-state index contributed by atoms with van der Waals surface area (Å²) >= 11 is 0. The van der Waals surface area contributed by atoms with Gasteiger partial charge < -0.3 is 14.6 Å². The number of hydrogen-bond acceptors (Lipinski definition) is 5. The zero-order valence-electron chi connectivity index (χ0n) is 13.7. The number of anilines is 3. The molecule has 5 heteroatoms. The zero-order chi connectivity index (χ0) is 16.4. The third kappa shape index (κ3) is 3.11. The molecule has 1 aromatic carbocycles. The standard InChI is InChI=1S/C19H20N4O/c1-14-20-18(13-19(21-14)23-10-2-3-11-23)22-16-8-6-15(7-9-16)17-5-4-12-24-17/h4-9,12-13H,2-3,10-11H2,1H3,(H,20,21,22). The predicted molar refractivity (Wildman–Crippen MR) is 95.6 cm³/mol. The van der Waals surface area contributed by atoms with Gasteiger partial charge in [-0.1, -0.05) is 0 Å². The third-order valence-corrected chi connectivity index (χ3v) is 4.22. The van der Waals surface area contributed by atoms with E-state index in [1.807, 2.05) is 49.4 Å². The second kappa shape index (κ2) is 6.35. The molecule has 1 N–H and O–H groups in total. The van der Waals surface area contributed by atoms with Gasteiger partial charge in [0.15, 0.2) is 0 Å². The van der Waals surface area contributed by atoms with Gasteiger partial charge in [0.05, 0.1) is 6.26 Å². The Morgan fingerprint density at radius 3 is 2.54 bits per heavy atom. The summed E-state index contributed by atoms with van der Waals surface area (Å²) < 4.78 is 5.42. The molecule has 1 fully saturated rings. The van der Waals surface area contributed by atoms with Crippen LogP contribution < -0.4 is 10.2 Å². The first-order valence-electron chi connectivity index (χ1n) is 8.29. The molecule has 3 heterocycles. The first-order chi connectivity index (χ1) is 11.8. The Hall–Kier alpha value is -2.82. The third-order valence-electron chi connectivity index (χ3n) is 4.22. The minimum atomic E-state index is 0.786. The van der Waals surface area contributed by atoms with Crippen molar-refractivity contribution in [3.8, 4) is 11.3 Å². The maximum absolute atomic E-state index is 5.42. The van der Waals surface area contributed by atoms with Crippen molar-refractivity contribution >= 4 is 17.3 Å². The molecule has 24 heavy (non-hydrogen) atoms. The quantitative estimate of drug-likeness (QED) is 0.772. The molecule has 0 amide bonds. The van der Waals surface area contributed by atoms with Gasteiger partial charge in [0.2, 0.25) is 0 Å². The van der Waals surface area contributed by atoms with Gasteiger partial charge >= 0.3 is 0 Å². The van der Waals surface area contributed by atoms with E-state index in [2.05, 4.69) is 20.2 Å². The number of nitrogens with zero attached hydrogens (tertiary/aromatic N) is 3. The van der Waals surface area contributed by atoms with Gasteiger partial charge in [-0.3, -0.25) is 0 Å². The predicted octanol–water partition coefficient (Wildman–Crippen LogP) is 4.39. The number of rotatable bonds is 4. The molecule has 0 unspecified atom stereocenters. The van der Waals surface area contributed by atoms with Crippen LogP contribution in [0, 0.1) is 6.92 Å². The van der Waals surface area contributed by atoms with Crippen molar-refractivity contribution < 1.29 is 4.42 Å². The monoisotopic (exact) mass is 320 g/mol. The highest BCUT2D eigenvalue weighted by Crippen LogP contribution is 2.25. The summed E-state index contributed by atoms with van der Waals surface area (Å²) in [5, 5.41) is 3.37. The number of nitrogens with one attached hydrogen (secondary N) is 1. The van der Waals surface area contributed by atoms with Crippen molar-refractivity contribution in [1.82, 2.24) is 9.97 Å². The molecule has 0 atom stereocenters. The average Bonchev–Trinajstić information content (AvgIpc) is 3.29. The molecular formula is C19H20N4O. The van der Waals surface area contributed by atoms with Crippen LogP contribution in [0.5, 0.6) is 0 Å². The van der Waals surface area contributed by atoms with Crippen LogP contribution in [0.2, 0.25) is 0 Å². The molecule has 0 radical (unpaired) electrons. The Labute approximate surface area is 141 Å². The second-order valence-electron chi connectivity index (χ2n) is 6.03. The highest BCUT2D eigenvalue weighted by Gasteiger charge is 2.15. The molecule has 0 saturated carbocycles. The van der Waals surface area contributed by atoms with Gasteiger partial charge in [0, 0.05) is 30.4 Å². The van der Waals surface area contributed by atoms with Crippen molar-refractivity contribution in [1.29, 1.82) is 0 Å². The van der Waals surface area contributed by atoms with E-state index in [0.717, 1.165) is 47.6 Å². The number of hydrogen-bond donors (Lipinski definition) is 1. The largest absolute Gasteiger partial charge is 0.464 e. The van der Waals surface area contributed by atoms with Gasteiger partial charge in [-0.25, -0.2) is 9.97 Å². The fourth-order valence-corrected chi connectivity index (χ4v) is 3.03. The van der Waals surface area contributed by atoms with Crippen LogP contribution in [0.4, 0.5) is 17.3 Å². The fraction of sp³-hybridized carbons (Fsp3) is 0.263. The van der Waals surface area contributed by atoms with E-state index in [-0.39, 0.29) is 0 Å². The summed E-state index contributed by atoms with van der Waals surface area (Å²) in [6, 6.07) is 14.0. The van der Waals surface area contributed by atoms with Crippen LogP contribution in [0.3, 0.4) is 0 Å². The Bertz CT molecular complexity index is 806. The normalized spacial score (nSPS) is 14.1. The van der Waals surface area contributed by atoms with Crippen LogP contribution >= 0.6 is 0 Å². The van der Waals surface area contributed by atoms with Crippen LogP contribution in [0.25, 0.3) is 11.3 Å². The maximum atomic E-state index is 5.42. The lowest BCUT2D eigenvalue weighted by atomic mass is 10.1. The van der Waals surface area contributed by atoms with E-state index in [1.54, 1.807) is 6.26 Å². The number of benzene rings is 1. The van der Waals surface area contributed by atoms with Crippen LogP contribution in [-0.2, 0) is 0 Å². The fourth-order valence-electron chi connectivity index (χ4n) is 3.03. The van der Waals surface area contributed by atoms with E-state index in [0.29, 0.717) is 0 Å².